The monoisotopic (exact) mass is 273 g/mol. The molecule has 0 radical (unpaired) electrons. The fourth-order valence-corrected chi connectivity index (χ4v) is 1.82. The Kier molecular flexibility index (Phi) is 4.20. The van der Waals surface area contributed by atoms with Gasteiger partial charge in [0.05, 0.1) is 19.0 Å². The van der Waals surface area contributed by atoms with Gasteiger partial charge in [-0.2, -0.15) is 5.10 Å². The molecule has 5 heteroatoms. The highest BCUT2D eigenvalue weighted by Gasteiger charge is 2.27. The first-order valence-electron chi connectivity index (χ1n) is 6.45. The first kappa shape index (κ1) is 14.3. The number of carbonyl (C=O) groups is 1. The van der Waals surface area contributed by atoms with Gasteiger partial charge in [-0.15, -0.1) is 0 Å². The van der Waals surface area contributed by atoms with Gasteiger partial charge in [-0.05, 0) is 26.0 Å². The van der Waals surface area contributed by atoms with Crippen molar-refractivity contribution in [3.05, 3.63) is 48.3 Å². The molecule has 0 bridgehead atoms. The summed E-state index contributed by atoms with van der Waals surface area (Å²) in [5.41, 5.74) is 1.29. The fourth-order valence-electron chi connectivity index (χ4n) is 1.82. The molecule has 0 saturated heterocycles. The number of aromatic nitrogens is 2. The lowest BCUT2D eigenvalue weighted by molar-refractivity contribution is -0.147. The van der Waals surface area contributed by atoms with Gasteiger partial charge in [-0.1, -0.05) is 18.2 Å². The minimum atomic E-state index is -0.719. The number of carbonyl (C=O) groups excluding carboxylic acids is 1. The predicted octanol–water partition coefficient (Wildman–Crippen LogP) is 1.91. The molecule has 0 spiro atoms. The van der Waals surface area contributed by atoms with Crippen LogP contribution in [0.2, 0.25) is 0 Å². The molecule has 20 heavy (non-hydrogen) atoms. The van der Waals surface area contributed by atoms with E-state index in [0.717, 1.165) is 11.3 Å². The molecule has 5 nitrogen and oxygen atoms in total. The Morgan fingerprint density at radius 1 is 1.35 bits per heavy atom. The molecule has 0 saturated carbocycles. The van der Waals surface area contributed by atoms with Crippen LogP contribution in [-0.4, -0.2) is 28.4 Å². The van der Waals surface area contributed by atoms with Crippen LogP contribution in [0.25, 0.3) is 5.69 Å². The van der Waals surface area contributed by atoms with Crippen molar-refractivity contribution in [2.45, 2.75) is 25.9 Å². The highest BCUT2D eigenvalue weighted by molar-refractivity contribution is 5.79. The molecule has 2 aromatic rings. The van der Waals surface area contributed by atoms with Crippen molar-refractivity contribution >= 4 is 5.97 Å². The molecule has 0 amide bonds. The van der Waals surface area contributed by atoms with Crippen molar-refractivity contribution < 1.29 is 9.53 Å². The van der Waals surface area contributed by atoms with Crippen LogP contribution in [0.5, 0.6) is 0 Å². The average Bonchev–Trinajstić information content (AvgIpc) is 2.94. The summed E-state index contributed by atoms with van der Waals surface area (Å²) in [7, 11) is 1.39. The lowest BCUT2D eigenvalue weighted by atomic mass is 10.1. The van der Waals surface area contributed by atoms with Crippen LogP contribution < -0.4 is 5.32 Å². The van der Waals surface area contributed by atoms with E-state index in [1.54, 1.807) is 20.0 Å². The van der Waals surface area contributed by atoms with Crippen LogP contribution in [0, 0.1) is 0 Å². The van der Waals surface area contributed by atoms with Crippen molar-refractivity contribution in [1.29, 1.82) is 0 Å². The second kappa shape index (κ2) is 5.88. The maximum absolute atomic E-state index is 11.6. The van der Waals surface area contributed by atoms with E-state index in [9.17, 15) is 4.79 Å². The molecule has 0 fully saturated rings. The quantitative estimate of drug-likeness (QED) is 0.846. The Morgan fingerprint density at radius 3 is 2.70 bits per heavy atom. The van der Waals surface area contributed by atoms with Crippen LogP contribution in [0.4, 0.5) is 0 Å². The largest absolute Gasteiger partial charge is 0.468 e. The average molecular weight is 273 g/mol. The molecule has 2 rings (SSSR count). The van der Waals surface area contributed by atoms with Gasteiger partial charge in [0.15, 0.2) is 0 Å². The van der Waals surface area contributed by atoms with Crippen molar-refractivity contribution in [1.82, 2.24) is 15.1 Å². The van der Waals surface area contributed by atoms with Crippen LogP contribution in [-0.2, 0) is 16.1 Å². The molecule has 0 aliphatic carbocycles. The number of nitrogens with one attached hydrogen (secondary N) is 1. The molecule has 1 N–H and O–H groups in total. The Morgan fingerprint density at radius 2 is 2.05 bits per heavy atom. The number of methoxy groups -OCH3 is 1. The molecule has 106 valence electrons. The molecular weight excluding hydrogens is 254 g/mol. The summed E-state index contributed by atoms with van der Waals surface area (Å²) >= 11 is 0. The van der Waals surface area contributed by atoms with Crippen LogP contribution >= 0.6 is 0 Å². The Balaban J connectivity index is 2.02. The number of para-hydroxylation sites is 1. The number of hydrogen-bond donors (Lipinski definition) is 1. The van der Waals surface area contributed by atoms with Crippen LogP contribution in [0.1, 0.15) is 19.4 Å². The fraction of sp³-hybridized carbons (Fsp3) is 0.333. The molecule has 1 aromatic carbocycles. The minimum absolute atomic E-state index is 0.284. The summed E-state index contributed by atoms with van der Waals surface area (Å²) in [6.07, 6.45) is 3.73. The Hall–Kier alpha value is -2.14. The van der Waals surface area contributed by atoms with Crippen LogP contribution in [0.15, 0.2) is 42.7 Å². The highest BCUT2D eigenvalue weighted by Crippen LogP contribution is 2.10. The minimum Gasteiger partial charge on any atom is -0.468 e. The zero-order chi connectivity index (χ0) is 14.6. The first-order valence-corrected chi connectivity index (χ1v) is 6.45. The lowest BCUT2D eigenvalue weighted by Gasteiger charge is -2.22. The van der Waals surface area contributed by atoms with Gasteiger partial charge < -0.3 is 4.74 Å². The van der Waals surface area contributed by atoms with Gasteiger partial charge >= 0.3 is 5.97 Å². The molecule has 0 atom stereocenters. The Bertz CT molecular complexity index is 576. The number of nitrogens with zero attached hydrogens (tertiary/aromatic N) is 2. The van der Waals surface area contributed by atoms with E-state index in [0.29, 0.717) is 6.54 Å². The zero-order valence-electron chi connectivity index (χ0n) is 12.0. The van der Waals surface area contributed by atoms with Crippen molar-refractivity contribution in [2.24, 2.45) is 0 Å². The summed E-state index contributed by atoms with van der Waals surface area (Å²) in [4.78, 5) is 11.6. The van der Waals surface area contributed by atoms with E-state index < -0.39 is 5.54 Å². The van der Waals surface area contributed by atoms with Gasteiger partial charge in [0.25, 0.3) is 0 Å². The molecule has 0 aliphatic heterocycles. The van der Waals surface area contributed by atoms with Gasteiger partial charge in [-0.25, -0.2) is 4.68 Å². The second-order valence-electron chi connectivity index (χ2n) is 5.10. The third-order valence-corrected chi connectivity index (χ3v) is 3.09. The van der Waals surface area contributed by atoms with E-state index in [-0.39, 0.29) is 5.97 Å². The molecule has 1 aromatic heterocycles. The van der Waals surface area contributed by atoms with Gasteiger partial charge in [0, 0.05) is 18.3 Å². The normalized spacial score (nSPS) is 11.3. The predicted molar refractivity (Wildman–Crippen MR) is 76.5 cm³/mol. The number of rotatable bonds is 5. The summed E-state index contributed by atoms with van der Waals surface area (Å²) < 4.78 is 6.56. The summed E-state index contributed by atoms with van der Waals surface area (Å²) in [5.74, 6) is -0.284. The zero-order valence-corrected chi connectivity index (χ0v) is 12.0. The number of ether oxygens (including phenoxy) is 1. The number of benzene rings is 1. The standard InChI is InChI=1S/C15H19N3O2/c1-15(2,14(19)20-3)16-9-12-10-17-18(11-12)13-7-5-4-6-8-13/h4-8,10-11,16H,9H2,1-3H3. The van der Waals surface area contributed by atoms with E-state index in [1.165, 1.54) is 7.11 Å². The van der Waals surface area contributed by atoms with Crippen molar-refractivity contribution in [3.63, 3.8) is 0 Å². The smallest absolute Gasteiger partial charge is 0.325 e. The number of hydrogen-bond acceptors (Lipinski definition) is 4. The molecular formula is C15H19N3O2. The van der Waals surface area contributed by atoms with E-state index in [1.807, 2.05) is 41.2 Å². The van der Waals surface area contributed by atoms with Crippen molar-refractivity contribution in [3.8, 4) is 5.69 Å². The third-order valence-electron chi connectivity index (χ3n) is 3.09. The first-order chi connectivity index (χ1) is 9.53. The molecule has 0 aliphatic rings. The summed E-state index contributed by atoms with van der Waals surface area (Å²) in [5, 5.41) is 7.48. The Labute approximate surface area is 118 Å². The maximum Gasteiger partial charge on any atom is 0.325 e. The van der Waals surface area contributed by atoms with E-state index in [4.69, 9.17) is 4.74 Å². The summed E-state index contributed by atoms with van der Waals surface area (Å²) in [6, 6.07) is 9.88. The van der Waals surface area contributed by atoms with Gasteiger partial charge in [-0.3, -0.25) is 10.1 Å². The second-order valence-corrected chi connectivity index (χ2v) is 5.10. The highest BCUT2D eigenvalue weighted by atomic mass is 16.5. The van der Waals surface area contributed by atoms with E-state index in [2.05, 4.69) is 10.4 Å². The topological polar surface area (TPSA) is 56.1 Å². The lowest BCUT2D eigenvalue weighted by Crippen LogP contribution is -2.46. The summed E-state index contributed by atoms with van der Waals surface area (Å²) in [6.45, 7) is 4.13. The van der Waals surface area contributed by atoms with Gasteiger partial charge in [0.1, 0.15) is 5.54 Å². The third kappa shape index (κ3) is 3.24. The number of esters is 1. The van der Waals surface area contributed by atoms with Crippen molar-refractivity contribution in [2.75, 3.05) is 7.11 Å². The SMILES string of the molecule is COC(=O)C(C)(C)NCc1cnn(-c2ccccc2)c1. The van der Waals surface area contributed by atoms with Gasteiger partial charge in [0.2, 0.25) is 0 Å². The van der Waals surface area contributed by atoms with E-state index >= 15 is 0 Å². The maximum atomic E-state index is 11.6. The molecule has 1 heterocycles. The molecule has 0 unspecified atom stereocenters. The van der Waals surface area contributed by atoms with Crippen LogP contribution in [0.3, 0.4) is 0 Å².